The zero-order chi connectivity index (χ0) is 16.2. The maximum Gasteiger partial charge on any atom is 0.262 e. The number of alkyl halides is 1. The summed E-state index contributed by atoms with van der Waals surface area (Å²) in [6, 6.07) is 17.6. The van der Waals surface area contributed by atoms with Gasteiger partial charge in [0.2, 0.25) is 0 Å². The summed E-state index contributed by atoms with van der Waals surface area (Å²) in [5.41, 5.74) is 2.82. The normalized spacial score (nSPS) is 11.3. The van der Waals surface area contributed by atoms with E-state index in [1.807, 2.05) is 66.4 Å². The highest BCUT2D eigenvalue weighted by Crippen LogP contribution is 2.19. The topological polar surface area (TPSA) is 20.3 Å². The van der Waals surface area contributed by atoms with Crippen LogP contribution in [-0.2, 0) is 0 Å². The first-order valence-corrected chi connectivity index (χ1v) is 8.77. The second kappa shape index (κ2) is 7.24. The summed E-state index contributed by atoms with van der Waals surface area (Å²) in [7, 11) is 4.26. The minimum absolute atomic E-state index is 0.0438. The molecule has 1 amide bonds. The first kappa shape index (κ1) is 17.0. The number of quaternary nitrogens is 1. The van der Waals surface area contributed by atoms with E-state index in [-0.39, 0.29) is 5.91 Å². The van der Waals surface area contributed by atoms with Gasteiger partial charge >= 0.3 is 0 Å². The van der Waals surface area contributed by atoms with Crippen LogP contribution in [0.15, 0.2) is 54.6 Å². The maximum atomic E-state index is 13.0. The Balaban J connectivity index is 2.35. The van der Waals surface area contributed by atoms with Crippen molar-refractivity contribution in [2.75, 3.05) is 30.2 Å². The largest absolute Gasteiger partial charge is 0.303 e. The van der Waals surface area contributed by atoms with Crippen LogP contribution >= 0.6 is 22.6 Å². The number of rotatable bonds is 5. The van der Waals surface area contributed by atoms with Crippen molar-refractivity contribution in [2.45, 2.75) is 6.92 Å². The third kappa shape index (κ3) is 4.30. The Kier molecular flexibility index (Phi) is 5.58. The molecule has 0 saturated heterocycles. The van der Waals surface area contributed by atoms with E-state index >= 15 is 0 Å². The summed E-state index contributed by atoms with van der Waals surface area (Å²) in [4.78, 5) is 14.8. The van der Waals surface area contributed by atoms with Crippen LogP contribution in [0, 0.1) is 6.92 Å². The molecule has 2 aromatic rings. The fraction of sp³-hybridized carbons (Fsp3) is 0.278. The molecule has 2 rings (SSSR count). The highest BCUT2D eigenvalue weighted by molar-refractivity contribution is 14.1. The van der Waals surface area contributed by atoms with Gasteiger partial charge in [-0.3, -0.25) is 9.69 Å². The standard InChI is InChI=1S/C18H22IN2O/c1-15-9-11-16(12-10-15)18(22)20(14-21(2,3)13-19)17-7-5-4-6-8-17/h4-12H,13-14H2,1-3H3/q+1. The third-order valence-electron chi connectivity index (χ3n) is 3.46. The van der Waals surface area contributed by atoms with Gasteiger partial charge in [0, 0.05) is 11.3 Å². The molecule has 0 unspecified atom stereocenters. The van der Waals surface area contributed by atoms with Crippen molar-refractivity contribution >= 4 is 34.2 Å². The summed E-state index contributed by atoms with van der Waals surface area (Å²) in [5, 5.41) is 0. The van der Waals surface area contributed by atoms with Crippen LogP contribution in [0.1, 0.15) is 15.9 Å². The van der Waals surface area contributed by atoms with Crippen molar-refractivity contribution in [1.29, 1.82) is 0 Å². The predicted molar refractivity (Wildman–Crippen MR) is 100 cm³/mol. The lowest BCUT2D eigenvalue weighted by Crippen LogP contribution is -2.49. The second-order valence-electron chi connectivity index (χ2n) is 6.13. The van der Waals surface area contributed by atoms with Gasteiger partial charge in [-0.2, -0.15) is 0 Å². The van der Waals surface area contributed by atoms with Crippen LogP contribution in [0.5, 0.6) is 0 Å². The summed E-state index contributed by atoms with van der Waals surface area (Å²) >= 11 is 2.36. The number of nitrogens with zero attached hydrogens (tertiary/aromatic N) is 2. The quantitative estimate of drug-likeness (QED) is 0.240. The number of anilines is 1. The van der Waals surface area contributed by atoms with Crippen molar-refractivity contribution in [1.82, 2.24) is 0 Å². The smallest absolute Gasteiger partial charge is 0.262 e. The molecule has 0 aliphatic heterocycles. The molecular weight excluding hydrogens is 387 g/mol. The van der Waals surface area contributed by atoms with Gasteiger partial charge in [0.15, 0.2) is 6.67 Å². The first-order valence-electron chi connectivity index (χ1n) is 7.24. The predicted octanol–water partition coefficient (Wildman–Crippen LogP) is 4.07. The minimum atomic E-state index is 0.0438. The van der Waals surface area contributed by atoms with Crippen LogP contribution in [0.2, 0.25) is 0 Å². The van der Waals surface area contributed by atoms with Crippen LogP contribution < -0.4 is 4.90 Å². The molecule has 0 heterocycles. The molecule has 0 aromatic heterocycles. The van der Waals surface area contributed by atoms with Crippen molar-refractivity contribution in [3.63, 3.8) is 0 Å². The van der Waals surface area contributed by atoms with Gasteiger partial charge in [-0.05, 0) is 53.8 Å². The molecule has 0 saturated carbocycles. The molecule has 0 aliphatic rings. The lowest BCUT2D eigenvalue weighted by Gasteiger charge is -2.34. The fourth-order valence-electron chi connectivity index (χ4n) is 2.14. The van der Waals surface area contributed by atoms with Gasteiger partial charge in [-0.15, -0.1) is 0 Å². The van der Waals surface area contributed by atoms with Gasteiger partial charge in [0.25, 0.3) is 5.91 Å². The molecule has 0 spiro atoms. The Bertz CT molecular complexity index is 623. The van der Waals surface area contributed by atoms with E-state index in [2.05, 4.69) is 36.7 Å². The number of carbonyl (C=O) groups is 1. The van der Waals surface area contributed by atoms with Crippen LogP contribution in [0.3, 0.4) is 0 Å². The Morgan fingerprint density at radius 3 is 2.18 bits per heavy atom. The molecule has 0 radical (unpaired) electrons. The third-order valence-corrected chi connectivity index (χ3v) is 5.31. The molecule has 0 atom stereocenters. The fourth-order valence-corrected chi connectivity index (χ4v) is 2.36. The van der Waals surface area contributed by atoms with Crippen LogP contribution in [0.25, 0.3) is 0 Å². The van der Waals surface area contributed by atoms with Crippen molar-refractivity contribution < 1.29 is 9.28 Å². The van der Waals surface area contributed by atoms with E-state index in [1.165, 1.54) is 0 Å². The number of para-hydroxylation sites is 1. The molecule has 0 N–H and O–H groups in total. The molecular formula is C18H22IN2O+. The van der Waals surface area contributed by atoms with Crippen LogP contribution in [-0.4, -0.2) is 35.7 Å². The Morgan fingerprint density at radius 1 is 1.05 bits per heavy atom. The van der Waals surface area contributed by atoms with E-state index < -0.39 is 0 Å². The zero-order valence-electron chi connectivity index (χ0n) is 13.3. The summed E-state index contributed by atoms with van der Waals surface area (Å²) in [6.07, 6.45) is 0. The van der Waals surface area contributed by atoms with E-state index in [0.717, 1.165) is 25.8 Å². The summed E-state index contributed by atoms with van der Waals surface area (Å²) in [5.74, 6) is 0.0438. The lowest BCUT2D eigenvalue weighted by molar-refractivity contribution is -0.872. The van der Waals surface area contributed by atoms with Gasteiger partial charge in [0.1, 0.15) is 4.55 Å². The number of hydrogen-bond donors (Lipinski definition) is 0. The van der Waals surface area contributed by atoms with Gasteiger partial charge in [-0.1, -0.05) is 35.9 Å². The highest BCUT2D eigenvalue weighted by atomic mass is 127. The number of amides is 1. The van der Waals surface area contributed by atoms with E-state index in [0.29, 0.717) is 6.67 Å². The zero-order valence-corrected chi connectivity index (χ0v) is 15.4. The number of carbonyl (C=O) groups excluding carboxylic acids is 1. The number of benzene rings is 2. The average Bonchev–Trinajstić information content (AvgIpc) is 2.53. The molecule has 4 heteroatoms. The van der Waals surface area contributed by atoms with Gasteiger partial charge in [-0.25, -0.2) is 0 Å². The Hall–Kier alpha value is -1.40. The number of aryl methyl sites for hydroxylation is 1. The van der Waals surface area contributed by atoms with Crippen molar-refractivity contribution in [3.05, 3.63) is 65.7 Å². The van der Waals surface area contributed by atoms with Crippen molar-refractivity contribution in [3.8, 4) is 0 Å². The first-order chi connectivity index (χ1) is 10.4. The summed E-state index contributed by atoms with van der Waals surface area (Å²) in [6.45, 7) is 2.67. The monoisotopic (exact) mass is 409 g/mol. The van der Waals surface area contributed by atoms with Crippen molar-refractivity contribution in [2.24, 2.45) is 0 Å². The van der Waals surface area contributed by atoms with Gasteiger partial charge in [0.05, 0.1) is 14.1 Å². The summed E-state index contributed by atoms with van der Waals surface area (Å²) < 4.78 is 1.68. The maximum absolute atomic E-state index is 13.0. The average molecular weight is 409 g/mol. The molecule has 116 valence electrons. The van der Waals surface area contributed by atoms with Crippen LogP contribution in [0.4, 0.5) is 5.69 Å². The number of hydrogen-bond acceptors (Lipinski definition) is 1. The molecule has 0 fully saturated rings. The van der Waals surface area contributed by atoms with Gasteiger partial charge < -0.3 is 4.48 Å². The molecule has 0 aliphatic carbocycles. The molecule has 0 bridgehead atoms. The lowest BCUT2D eigenvalue weighted by atomic mass is 10.1. The van der Waals surface area contributed by atoms with E-state index in [1.54, 1.807) is 0 Å². The molecule has 2 aromatic carbocycles. The van der Waals surface area contributed by atoms with E-state index in [4.69, 9.17) is 0 Å². The Morgan fingerprint density at radius 2 is 1.64 bits per heavy atom. The molecule has 3 nitrogen and oxygen atoms in total. The second-order valence-corrected chi connectivity index (χ2v) is 6.81. The highest BCUT2D eigenvalue weighted by Gasteiger charge is 2.25. The minimum Gasteiger partial charge on any atom is -0.303 e. The number of halogens is 1. The van der Waals surface area contributed by atoms with E-state index in [9.17, 15) is 4.79 Å². The Labute approximate surface area is 146 Å². The SMILES string of the molecule is Cc1ccc(C(=O)N(C[N+](C)(C)CI)c2ccccc2)cc1. The molecule has 22 heavy (non-hydrogen) atoms.